The van der Waals surface area contributed by atoms with Gasteiger partial charge < -0.3 is 5.32 Å². The molecule has 0 spiro atoms. The molecule has 0 bridgehead atoms. The van der Waals surface area contributed by atoms with Gasteiger partial charge in [0.15, 0.2) is 0 Å². The number of nitrogens with zero attached hydrogens (tertiary/aromatic N) is 2. The fourth-order valence-corrected chi connectivity index (χ4v) is 3.48. The van der Waals surface area contributed by atoms with Gasteiger partial charge in [-0.1, -0.05) is 0 Å². The molecule has 0 aromatic carbocycles. The van der Waals surface area contributed by atoms with E-state index in [2.05, 4.69) is 29.0 Å². The standard InChI is InChI=1S/C13H21N3S/c1-9-5-15-13(11-3-4-11)8-16(9)7-12-6-14-10(2)17-12/h6,9,11,13,15H,3-5,7-8H2,1-2H3. The van der Waals surface area contributed by atoms with Crippen LogP contribution < -0.4 is 5.32 Å². The lowest BCUT2D eigenvalue weighted by Crippen LogP contribution is -2.55. The lowest BCUT2D eigenvalue weighted by molar-refractivity contribution is 0.126. The first-order valence-corrected chi connectivity index (χ1v) is 7.43. The van der Waals surface area contributed by atoms with Crippen LogP contribution in [0.25, 0.3) is 0 Å². The average molecular weight is 251 g/mol. The van der Waals surface area contributed by atoms with Crippen LogP contribution in [0.3, 0.4) is 0 Å². The third-order valence-electron chi connectivity index (χ3n) is 3.95. The highest BCUT2D eigenvalue weighted by Crippen LogP contribution is 2.34. The number of aromatic nitrogens is 1. The maximum absolute atomic E-state index is 4.35. The van der Waals surface area contributed by atoms with Crippen molar-refractivity contribution in [2.45, 2.75) is 45.3 Å². The lowest BCUT2D eigenvalue weighted by Gasteiger charge is -2.38. The summed E-state index contributed by atoms with van der Waals surface area (Å²) in [6.07, 6.45) is 4.90. The topological polar surface area (TPSA) is 28.2 Å². The number of thiazole rings is 1. The second kappa shape index (κ2) is 4.67. The zero-order valence-electron chi connectivity index (χ0n) is 10.6. The van der Waals surface area contributed by atoms with E-state index in [4.69, 9.17) is 0 Å². The summed E-state index contributed by atoms with van der Waals surface area (Å²) in [4.78, 5) is 8.38. The molecule has 1 saturated heterocycles. The maximum atomic E-state index is 4.35. The van der Waals surface area contributed by atoms with Crippen molar-refractivity contribution in [3.8, 4) is 0 Å². The molecule has 17 heavy (non-hydrogen) atoms. The number of rotatable bonds is 3. The van der Waals surface area contributed by atoms with Crippen LogP contribution in [0.2, 0.25) is 0 Å². The van der Waals surface area contributed by atoms with Crippen molar-refractivity contribution in [2.24, 2.45) is 5.92 Å². The molecule has 2 heterocycles. The SMILES string of the molecule is Cc1ncc(CN2CC(C3CC3)NCC2C)s1. The van der Waals surface area contributed by atoms with Crippen LogP contribution in [0.1, 0.15) is 29.7 Å². The van der Waals surface area contributed by atoms with Crippen molar-refractivity contribution in [3.63, 3.8) is 0 Å². The van der Waals surface area contributed by atoms with Gasteiger partial charge in [-0.15, -0.1) is 11.3 Å². The minimum atomic E-state index is 0.646. The fourth-order valence-electron chi connectivity index (χ4n) is 2.66. The Bertz CT molecular complexity index is 386. The molecule has 0 amide bonds. The molecular formula is C13H21N3S. The zero-order valence-corrected chi connectivity index (χ0v) is 11.5. The van der Waals surface area contributed by atoms with Gasteiger partial charge in [0.05, 0.1) is 5.01 Å². The average Bonchev–Trinajstić information content (AvgIpc) is 3.07. The Morgan fingerprint density at radius 1 is 1.53 bits per heavy atom. The van der Waals surface area contributed by atoms with E-state index in [0.717, 1.165) is 25.0 Å². The number of nitrogens with one attached hydrogen (secondary N) is 1. The normalized spacial score (nSPS) is 30.7. The van der Waals surface area contributed by atoms with E-state index in [1.807, 2.05) is 17.5 Å². The van der Waals surface area contributed by atoms with Crippen molar-refractivity contribution < 1.29 is 0 Å². The smallest absolute Gasteiger partial charge is 0.0897 e. The molecule has 1 aromatic heterocycles. The van der Waals surface area contributed by atoms with Crippen LogP contribution in [-0.4, -0.2) is 35.1 Å². The van der Waals surface area contributed by atoms with Crippen molar-refractivity contribution in [3.05, 3.63) is 16.1 Å². The summed E-state index contributed by atoms with van der Waals surface area (Å²) < 4.78 is 0. The number of hydrogen-bond donors (Lipinski definition) is 1. The molecule has 1 aliphatic heterocycles. The molecule has 2 atom stereocenters. The first-order valence-electron chi connectivity index (χ1n) is 6.61. The quantitative estimate of drug-likeness (QED) is 0.891. The van der Waals surface area contributed by atoms with Crippen LogP contribution in [-0.2, 0) is 6.54 Å². The van der Waals surface area contributed by atoms with E-state index in [0.29, 0.717) is 6.04 Å². The third-order valence-corrected chi connectivity index (χ3v) is 4.85. The van der Waals surface area contributed by atoms with E-state index < -0.39 is 0 Å². The van der Waals surface area contributed by atoms with Gasteiger partial charge in [-0.25, -0.2) is 4.98 Å². The van der Waals surface area contributed by atoms with Crippen LogP contribution in [0.4, 0.5) is 0 Å². The Morgan fingerprint density at radius 3 is 3.00 bits per heavy atom. The summed E-state index contributed by atoms with van der Waals surface area (Å²) in [5.74, 6) is 0.952. The van der Waals surface area contributed by atoms with Crippen LogP contribution in [0.15, 0.2) is 6.20 Å². The Balaban J connectivity index is 1.63. The molecule has 2 unspecified atom stereocenters. The van der Waals surface area contributed by atoms with Crippen LogP contribution in [0, 0.1) is 12.8 Å². The number of piperazine rings is 1. The molecule has 3 rings (SSSR count). The molecule has 1 aliphatic carbocycles. The molecular weight excluding hydrogens is 230 g/mol. The monoisotopic (exact) mass is 251 g/mol. The second-order valence-electron chi connectivity index (χ2n) is 5.48. The molecule has 1 saturated carbocycles. The molecule has 4 heteroatoms. The fraction of sp³-hybridized carbons (Fsp3) is 0.769. The van der Waals surface area contributed by atoms with Gasteiger partial charge in [-0.3, -0.25) is 4.90 Å². The maximum Gasteiger partial charge on any atom is 0.0897 e. The van der Waals surface area contributed by atoms with Crippen molar-refractivity contribution in [1.29, 1.82) is 0 Å². The number of hydrogen-bond acceptors (Lipinski definition) is 4. The minimum Gasteiger partial charge on any atom is -0.311 e. The second-order valence-corrected chi connectivity index (χ2v) is 6.80. The van der Waals surface area contributed by atoms with Crippen LogP contribution >= 0.6 is 11.3 Å². The van der Waals surface area contributed by atoms with E-state index >= 15 is 0 Å². The van der Waals surface area contributed by atoms with E-state index in [1.165, 1.54) is 29.3 Å². The number of aryl methyl sites for hydroxylation is 1. The van der Waals surface area contributed by atoms with Gasteiger partial charge in [0.25, 0.3) is 0 Å². The van der Waals surface area contributed by atoms with Gasteiger partial charge >= 0.3 is 0 Å². The minimum absolute atomic E-state index is 0.646. The molecule has 1 N–H and O–H groups in total. The van der Waals surface area contributed by atoms with Gasteiger partial charge in [0.2, 0.25) is 0 Å². The molecule has 0 radical (unpaired) electrons. The van der Waals surface area contributed by atoms with Crippen molar-refractivity contribution in [1.82, 2.24) is 15.2 Å². The Kier molecular flexibility index (Phi) is 3.19. The lowest BCUT2D eigenvalue weighted by atomic mass is 10.1. The van der Waals surface area contributed by atoms with Gasteiger partial charge in [0.1, 0.15) is 0 Å². The Labute approximate surface area is 107 Å². The highest BCUT2D eigenvalue weighted by molar-refractivity contribution is 7.11. The molecule has 1 aromatic rings. The first kappa shape index (κ1) is 11.6. The van der Waals surface area contributed by atoms with Gasteiger partial charge in [-0.05, 0) is 32.6 Å². The highest BCUT2D eigenvalue weighted by Gasteiger charge is 2.35. The summed E-state index contributed by atoms with van der Waals surface area (Å²) in [5.41, 5.74) is 0. The molecule has 2 fully saturated rings. The van der Waals surface area contributed by atoms with E-state index in [9.17, 15) is 0 Å². The predicted molar refractivity (Wildman–Crippen MR) is 71.2 cm³/mol. The molecule has 94 valence electrons. The Morgan fingerprint density at radius 2 is 2.35 bits per heavy atom. The summed E-state index contributed by atoms with van der Waals surface area (Å²) in [5, 5.41) is 4.88. The van der Waals surface area contributed by atoms with Crippen molar-refractivity contribution in [2.75, 3.05) is 13.1 Å². The van der Waals surface area contributed by atoms with Crippen molar-refractivity contribution >= 4 is 11.3 Å². The summed E-state index contributed by atoms with van der Waals surface area (Å²) >= 11 is 1.84. The van der Waals surface area contributed by atoms with Gasteiger partial charge in [-0.2, -0.15) is 0 Å². The summed E-state index contributed by atoms with van der Waals surface area (Å²) in [7, 11) is 0. The highest BCUT2D eigenvalue weighted by atomic mass is 32.1. The third kappa shape index (κ3) is 2.69. The summed E-state index contributed by atoms with van der Waals surface area (Å²) in [6.45, 7) is 7.84. The van der Waals surface area contributed by atoms with Gasteiger partial charge in [0, 0.05) is 42.8 Å². The first-order chi connectivity index (χ1) is 8.22. The predicted octanol–water partition coefficient (Wildman–Crippen LogP) is 2.02. The Hall–Kier alpha value is -0.450. The van der Waals surface area contributed by atoms with E-state index in [-0.39, 0.29) is 0 Å². The molecule has 3 nitrogen and oxygen atoms in total. The molecule has 2 aliphatic rings. The van der Waals surface area contributed by atoms with Crippen LogP contribution in [0.5, 0.6) is 0 Å². The summed E-state index contributed by atoms with van der Waals surface area (Å²) in [6, 6.07) is 1.38. The zero-order chi connectivity index (χ0) is 11.8. The van der Waals surface area contributed by atoms with E-state index in [1.54, 1.807) is 0 Å². The largest absolute Gasteiger partial charge is 0.311 e.